The van der Waals surface area contributed by atoms with E-state index < -0.39 is 4.92 Å². The van der Waals surface area contributed by atoms with Gasteiger partial charge in [-0.1, -0.05) is 25.5 Å². The predicted molar refractivity (Wildman–Crippen MR) is 64.7 cm³/mol. The molecule has 0 heterocycles. The first kappa shape index (κ1) is 12.7. The molecule has 1 rings (SSSR count). The van der Waals surface area contributed by atoms with Crippen LogP contribution in [0.2, 0.25) is 0 Å². The first-order chi connectivity index (χ1) is 8.11. The molecule has 5 heteroatoms. The second-order valence-electron chi connectivity index (χ2n) is 3.53. The van der Waals surface area contributed by atoms with Crippen LogP contribution < -0.4 is 5.73 Å². The van der Waals surface area contributed by atoms with Crippen LogP contribution in [0.1, 0.15) is 25.3 Å². The number of rotatable bonds is 4. The molecule has 0 spiro atoms. The molecule has 0 radical (unpaired) electrons. The summed E-state index contributed by atoms with van der Waals surface area (Å²) in [5.41, 5.74) is 6.65. The van der Waals surface area contributed by atoms with Crippen molar-refractivity contribution >= 4 is 11.4 Å². The lowest BCUT2D eigenvalue weighted by molar-refractivity contribution is -0.385. The molecule has 0 fully saturated rings. The Morgan fingerprint density at radius 1 is 1.53 bits per heavy atom. The molecule has 0 aliphatic rings. The molecule has 88 valence electrons. The van der Waals surface area contributed by atoms with Gasteiger partial charge in [0.25, 0.3) is 5.69 Å². The van der Waals surface area contributed by atoms with Gasteiger partial charge in [-0.2, -0.15) is 5.26 Å². The highest BCUT2D eigenvalue weighted by molar-refractivity contribution is 5.75. The Hall–Kier alpha value is -2.35. The number of nitrogens with two attached hydrogens (primary N) is 1. The maximum absolute atomic E-state index is 10.8. The number of nitro groups is 1. The quantitative estimate of drug-likeness (QED) is 0.489. The Labute approximate surface area is 99.3 Å². The van der Waals surface area contributed by atoms with Gasteiger partial charge in [-0.05, 0) is 12.5 Å². The summed E-state index contributed by atoms with van der Waals surface area (Å²) in [6.45, 7) is 1.92. The number of allylic oxidation sites excluding steroid dienone is 1. The number of hydrogen-bond donors (Lipinski definition) is 1. The summed E-state index contributed by atoms with van der Waals surface area (Å²) in [5, 5.41) is 19.8. The molecule has 0 atom stereocenters. The van der Waals surface area contributed by atoms with Crippen molar-refractivity contribution in [3.05, 3.63) is 45.5 Å². The van der Waals surface area contributed by atoms with E-state index in [9.17, 15) is 10.1 Å². The molecule has 1 aromatic carbocycles. The Kier molecular flexibility index (Phi) is 4.23. The second-order valence-corrected chi connectivity index (χ2v) is 3.53. The van der Waals surface area contributed by atoms with E-state index >= 15 is 0 Å². The Bertz CT molecular complexity index is 501. The SMILES string of the molecule is CCC/C(C#N)=C(/N)c1ccccc1[N+](=O)[O-]. The molecule has 0 saturated carbocycles. The minimum Gasteiger partial charge on any atom is -0.397 e. The molecule has 17 heavy (non-hydrogen) atoms. The molecular formula is C12H13N3O2. The van der Waals surface area contributed by atoms with E-state index in [1.54, 1.807) is 18.2 Å². The number of benzene rings is 1. The van der Waals surface area contributed by atoms with E-state index in [4.69, 9.17) is 11.0 Å². The van der Waals surface area contributed by atoms with Gasteiger partial charge in [0, 0.05) is 6.07 Å². The molecule has 0 unspecified atom stereocenters. The fourth-order valence-corrected chi connectivity index (χ4v) is 1.52. The summed E-state index contributed by atoms with van der Waals surface area (Å²) in [5.74, 6) is 0. The summed E-state index contributed by atoms with van der Waals surface area (Å²) >= 11 is 0. The molecule has 1 aromatic rings. The Balaban J connectivity index is 3.34. The first-order valence-electron chi connectivity index (χ1n) is 5.24. The summed E-state index contributed by atoms with van der Waals surface area (Å²) in [7, 11) is 0. The lowest BCUT2D eigenvalue weighted by Gasteiger charge is -2.05. The van der Waals surface area contributed by atoms with E-state index in [0.717, 1.165) is 6.42 Å². The van der Waals surface area contributed by atoms with Crippen molar-refractivity contribution in [3.63, 3.8) is 0 Å². The summed E-state index contributed by atoms with van der Waals surface area (Å²) < 4.78 is 0. The molecular weight excluding hydrogens is 218 g/mol. The van der Waals surface area contributed by atoms with Gasteiger partial charge in [0.15, 0.2) is 0 Å². The van der Waals surface area contributed by atoms with Crippen LogP contribution >= 0.6 is 0 Å². The molecule has 0 aromatic heterocycles. The van der Waals surface area contributed by atoms with Crippen LogP contribution in [0, 0.1) is 21.4 Å². The van der Waals surface area contributed by atoms with Crippen molar-refractivity contribution in [1.29, 1.82) is 5.26 Å². The zero-order valence-electron chi connectivity index (χ0n) is 9.51. The number of nitrogens with zero attached hydrogens (tertiary/aromatic N) is 2. The number of para-hydroxylation sites is 1. The Morgan fingerprint density at radius 3 is 2.71 bits per heavy atom. The average molecular weight is 231 g/mol. The van der Waals surface area contributed by atoms with Gasteiger partial charge in [0.2, 0.25) is 0 Å². The highest BCUT2D eigenvalue weighted by Gasteiger charge is 2.16. The molecule has 0 saturated heterocycles. The average Bonchev–Trinajstić information content (AvgIpc) is 2.35. The highest BCUT2D eigenvalue weighted by Crippen LogP contribution is 2.25. The largest absolute Gasteiger partial charge is 0.397 e. The van der Waals surface area contributed by atoms with Crippen molar-refractivity contribution in [3.8, 4) is 6.07 Å². The van der Waals surface area contributed by atoms with Gasteiger partial charge in [-0.15, -0.1) is 0 Å². The first-order valence-corrected chi connectivity index (χ1v) is 5.24. The van der Waals surface area contributed by atoms with Crippen LogP contribution in [0.25, 0.3) is 5.70 Å². The standard InChI is InChI=1S/C12H13N3O2/c1-2-5-9(8-13)12(14)10-6-3-4-7-11(10)15(16)17/h3-4,6-7H,2,5,14H2,1H3/b12-9-. The molecule has 2 N–H and O–H groups in total. The molecule has 0 aliphatic carbocycles. The lowest BCUT2D eigenvalue weighted by Crippen LogP contribution is -2.04. The van der Waals surface area contributed by atoms with Crippen molar-refractivity contribution in [1.82, 2.24) is 0 Å². The van der Waals surface area contributed by atoms with E-state index in [-0.39, 0.29) is 11.4 Å². The van der Waals surface area contributed by atoms with Gasteiger partial charge in [0.1, 0.15) is 0 Å². The lowest BCUT2D eigenvalue weighted by atomic mass is 10.0. The zero-order chi connectivity index (χ0) is 12.8. The fraction of sp³-hybridized carbons (Fsp3) is 0.250. The Morgan fingerprint density at radius 2 is 2.18 bits per heavy atom. The van der Waals surface area contributed by atoms with Gasteiger partial charge >= 0.3 is 0 Å². The summed E-state index contributed by atoms with van der Waals surface area (Å²) in [6, 6.07) is 8.17. The van der Waals surface area contributed by atoms with Crippen molar-refractivity contribution < 1.29 is 4.92 Å². The third kappa shape index (κ3) is 2.82. The molecule has 0 bridgehead atoms. The van der Waals surface area contributed by atoms with E-state index in [0.29, 0.717) is 17.6 Å². The predicted octanol–water partition coefficient (Wildman–Crippen LogP) is 2.59. The van der Waals surface area contributed by atoms with Crippen LogP contribution in [0.5, 0.6) is 0 Å². The molecule has 0 amide bonds. The minimum atomic E-state index is -0.497. The maximum atomic E-state index is 10.8. The van der Waals surface area contributed by atoms with E-state index in [2.05, 4.69) is 0 Å². The van der Waals surface area contributed by atoms with Crippen molar-refractivity contribution in [2.75, 3.05) is 0 Å². The minimum absolute atomic E-state index is 0.0751. The van der Waals surface area contributed by atoms with Crippen LogP contribution in [0.4, 0.5) is 5.69 Å². The van der Waals surface area contributed by atoms with Crippen molar-refractivity contribution in [2.45, 2.75) is 19.8 Å². The van der Waals surface area contributed by atoms with Gasteiger partial charge in [-0.25, -0.2) is 0 Å². The molecule has 5 nitrogen and oxygen atoms in total. The van der Waals surface area contributed by atoms with Crippen LogP contribution in [-0.4, -0.2) is 4.92 Å². The van der Waals surface area contributed by atoms with E-state index in [1.807, 2.05) is 13.0 Å². The summed E-state index contributed by atoms with van der Waals surface area (Å²) in [6.07, 6.45) is 1.29. The van der Waals surface area contributed by atoms with Crippen LogP contribution in [-0.2, 0) is 0 Å². The topological polar surface area (TPSA) is 93.0 Å². The van der Waals surface area contributed by atoms with Gasteiger partial charge < -0.3 is 5.73 Å². The molecule has 0 aliphatic heterocycles. The number of hydrogen-bond acceptors (Lipinski definition) is 4. The third-order valence-corrected chi connectivity index (χ3v) is 2.35. The smallest absolute Gasteiger partial charge is 0.278 e. The van der Waals surface area contributed by atoms with Gasteiger partial charge in [0.05, 0.1) is 27.8 Å². The van der Waals surface area contributed by atoms with Crippen LogP contribution in [0.3, 0.4) is 0 Å². The second kappa shape index (κ2) is 5.66. The van der Waals surface area contributed by atoms with Gasteiger partial charge in [-0.3, -0.25) is 10.1 Å². The normalized spacial score (nSPS) is 11.5. The van der Waals surface area contributed by atoms with Crippen molar-refractivity contribution in [2.24, 2.45) is 5.73 Å². The van der Waals surface area contributed by atoms with Crippen LogP contribution in [0.15, 0.2) is 29.8 Å². The summed E-state index contributed by atoms with van der Waals surface area (Å²) in [4.78, 5) is 10.3. The zero-order valence-corrected chi connectivity index (χ0v) is 9.51. The maximum Gasteiger partial charge on any atom is 0.278 e. The van der Waals surface area contributed by atoms with E-state index in [1.165, 1.54) is 6.07 Å². The number of nitro benzene ring substituents is 1. The fourth-order valence-electron chi connectivity index (χ4n) is 1.52. The monoisotopic (exact) mass is 231 g/mol. The third-order valence-electron chi connectivity index (χ3n) is 2.35. The highest BCUT2D eigenvalue weighted by atomic mass is 16.6. The number of nitriles is 1.